The van der Waals surface area contributed by atoms with E-state index in [1.165, 1.54) is 33.4 Å². The Morgan fingerprint density at radius 3 is 1.15 bits per heavy atom. The van der Waals surface area contributed by atoms with Crippen LogP contribution in [0.25, 0.3) is 44.4 Å². The van der Waals surface area contributed by atoms with Crippen molar-refractivity contribution in [1.29, 1.82) is 0 Å². The molecular formula is C36H40N4Pt. The maximum absolute atomic E-state index is 6.11. The van der Waals surface area contributed by atoms with Gasteiger partial charge in [0, 0.05) is 5.56 Å². The molecule has 0 atom stereocenters. The predicted octanol–water partition coefficient (Wildman–Crippen LogP) is 8.70. The van der Waals surface area contributed by atoms with Crippen molar-refractivity contribution in [2.45, 2.75) is 93.4 Å². The molecule has 2 aliphatic rings. The van der Waals surface area contributed by atoms with E-state index in [-0.39, 0.29) is 21.1 Å². The maximum Gasteiger partial charge on any atom is 2.00 e. The Morgan fingerprint density at radius 2 is 0.829 bits per heavy atom. The molecule has 0 fully saturated rings. The van der Waals surface area contributed by atoms with Gasteiger partial charge in [-0.05, 0) is 78.9 Å². The standard InChI is InChI=1S/C36H40N4.Pt/c1-9-21-22(10-2)30-18-32-25(13-5)26(14-6)34(39-32)20-36-28(16-8)27(15-7)35(40-36)19-33-24(12-4)23(11-3)31(38-33)17-29(21)37-30;/h1,17-20H,10-16H2,2-8H3;/q-2;+2. The first-order valence-electron chi connectivity index (χ1n) is 15.1. The van der Waals surface area contributed by atoms with Gasteiger partial charge in [0.15, 0.2) is 0 Å². The minimum atomic E-state index is 0. The summed E-state index contributed by atoms with van der Waals surface area (Å²) >= 11 is 0. The van der Waals surface area contributed by atoms with Crippen molar-refractivity contribution in [2.75, 3.05) is 0 Å². The summed E-state index contributed by atoms with van der Waals surface area (Å²) < 4.78 is 0. The summed E-state index contributed by atoms with van der Waals surface area (Å²) in [6, 6.07) is 8.67. The monoisotopic (exact) mass is 723 g/mol. The number of hydrogen-bond acceptors (Lipinski definition) is 2. The van der Waals surface area contributed by atoms with E-state index in [0.717, 1.165) is 101 Å². The van der Waals surface area contributed by atoms with Crippen molar-refractivity contribution >= 4 is 44.4 Å². The first-order chi connectivity index (χ1) is 19.5. The number of allylic oxidation sites excluding steroid dienone is 4. The van der Waals surface area contributed by atoms with Gasteiger partial charge in [-0.2, -0.15) is 0 Å². The molecule has 0 N–H and O–H groups in total. The first kappa shape index (κ1) is 30.8. The summed E-state index contributed by atoms with van der Waals surface area (Å²) in [6.07, 6.45) is 12.4. The van der Waals surface area contributed by atoms with Crippen LogP contribution >= 0.6 is 0 Å². The number of nitrogens with zero attached hydrogens (tertiary/aromatic N) is 4. The number of hydrogen-bond donors (Lipinski definition) is 0. The van der Waals surface area contributed by atoms with Crippen LogP contribution in [0, 0.1) is 12.3 Å². The number of rotatable bonds is 7. The van der Waals surface area contributed by atoms with Crippen LogP contribution in [0.5, 0.6) is 0 Å². The molecule has 5 heterocycles. The van der Waals surface area contributed by atoms with E-state index in [9.17, 15) is 0 Å². The summed E-state index contributed by atoms with van der Waals surface area (Å²) in [7, 11) is 0. The van der Waals surface area contributed by atoms with E-state index in [2.05, 4.69) is 78.7 Å². The molecule has 0 saturated carbocycles. The van der Waals surface area contributed by atoms with E-state index in [4.69, 9.17) is 26.4 Å². The molecule has 3 aromatic heterocycles. The topological polar surface area (TPSA) is 54.0 Å². The van der Waals surface area contributed by atoms with E-state index < -0.39 is 0 Å². The summed E-state index contributed by atoms with van der Waals surface area (Å²) in [4.78, 5) is 20.7. The number of terminal acetylenes is 1. The van der Waals surface area contributed by atoms with Crippen molar-refractivity contribution in [2.24, 2.45) is 0 Å². The molecule has 4 nitrogen and oxygen atoms in total. The average molecular weight is 724 g/mol. The van der Waals surface area contributed by atoms with E-state index in [1.807, 2.05) is 0 Å². The summed E-state index contributed by atoms with van der Waals surface area (Å²) in [6.45, 7) is 15.4. The third-order valence-electron chi connectivity index (χ3n) is 8.49. The summed E-state index contributed by atoms with van der Waals surface area (Å²) in [5.41, 5.74) is 17.5. The van der Waals surface area contributed by atoms with Crippen LogP contribution in [-0.2, 0) is 40.3 Å². The molecule has 41 heavy (non-hydrogen) atoms. The third kappa shape index (κ3) is 5.19. The molecule has 0 amide bonds. The predicted molar refractivity (Wildman–Crippen MR) is 170 cm³/mol. The van der Waals surface area contributed by atoms with Crippen molar-refractivity contribution < 1.29 is 21.1 Å². The average Bonchev–Trinajstić information content (AvgIpc) is 3.67. The zero-order valence-electron chi connectivity index (χ0n) is 25.4. The maximum atomic E-state index is 6.11. The summed E-state index contributed by atoms with van der Waals surface area (Å²) in [5, 5.41) is 0. The number of fused-ring (bicyclic) bond motifs is 8. The Balaban J connectivity index is 0.00000387. The number of aryl methyl sites for hydroxylation is 3. The van der Waals surface area contributed by atoms with Crippen LogP contribution in [0.4, 0.5) is 0 Å². The van der Waals surface area contributed by atoms with Gasteiger partial charge >= 0.3 is 21.1 Å². The van der Waals surface area contributed by atoms with E-state index in [1.54, 1.807) is 0 Å². The molecule has 3 aromatic rings. The minimum Gasteiger partial charge on any atom is -0.657 e. The van der Waals surface area contributed by atoms with Gasteiger partial charge < -0.3 is 9.97 Å². The van der Waals surface area contributed by atoms with E-state index >= 15 is 0 Å². The van der Waals surface area contributed by atoms with Crippen LogP contribution in [-0.4, -0.2) is 9.97 Å². The third-order valence-corrected chi connectivity index (χ3v) is 8.49. The molecule has 214 valence electrons. The van der Waals surface area contributed by atoms with Crippen molar-refractivity contribution in [3.05, 3.63) is 69.3 Å². The van der Waals surface area contributed by atoms with Gasteiger partial charge in [0.2, 0.25) is 0 Å². The molecule has 0 saturated heterocycles. The molecule has 2 aliphatic heterocycles. The van der Waals surface area contributed by atoms with Crippen LogP contribution in [0.1, 0.15) is 119 Å². The van der Waals surface area contributed by atoms with Crippen molar-refractivity contribution in [1.82, 2.24) is 19.9 Å². The molecule has 0 unspecified atom stereocenters. The second-order valence-electron chi connectivity index (χ2n) is 10.5. The summed E-state index contributed by atoms with van der Waals surface area (Å²) in [5.74, 6) is 2.96. The van der Waals surface area contributed by atoms with E-state index in [0.29, 0.717) is 0 Å². The van der Waals surface area contributed by atoms with Crippen LogP contribution in [0.15, 0.2) is 24.3 Å². The zero-order valence-corrected chi connectivity index (χ0v) is 27.7. The molecule has 0 radical (unpaired) electrons. The van der Waals surface area contributed by atoms with Crippen molar-refractivity contribution in [3.63, 3.8) is 0 Å². The molecule has 0 aliphatic carbocycles. The molecule has 0 spiro atoms. The molecule has 8 bridgehead atoms. The van der Waals surface area contributed by atoms with Gasteiger partial charge in [-0.3, -0.25) is 0 Å². The molecule has 5 rings (SSSR count). The van der Waals surface area contributed by atoms with Gasteiger partial charge in [-0.15, -0.1) is 28.5 Å². The first-order valence-corrected chi connectivity index (χ1v) is 15.1. The smallest absolute Gasteiger partial charge is 0.657 e. The normalized spacial score (nSPS) is 13.0. The Kier molecular flexibility index (Phi) is 9.61. The van der Waals surface area contributed by atoms with Gasteiger partial charge in [-0.1, -0.05) is 83.7 Å². The van der Waals surface area contributed by atoms with Gasteiger partial charge in [-0.25, -0.2) is 9.97 Å². The fraction of sp³-hybridized carbons (Fsp3) is 0.389. The van der Waals surface area contributed by atoms with Gasteiger partial charge in [0.1, 0.15) is 0 Å². The Bertz CT molecular complexity index is 1750. The van der Waals surface area contributed by atoms with Gasteiger partial charge in [0.05, 0.1) is 22.8 Å². The zero-order chi connectivity index (χ0) is 28.6. The van der Waals surface area contributed by atoms with Crippen LogP contribution in [0.2, 0.25) is 0 Å². The largest absolute Gasteiger partial charge is 2.00 e. The quantitative estimate of drug-likeness (QED) is 0.229. The minimum absolute atomic E-state index is 0. The molecule has 0 aromatic carbocycles. The molecule has 5 heteroatoms. The Morgan fingerprint density at radius 1 is 0.512 bits per heavy atom. The molecular weight excluding hydrogens is 684 g/mol. The SMILES string of the molecule is C#Cc1c(CC)c2cc3nc(cc4[n-]c(cc5nc(cc1[n-]2)C(CC)=C5CC)c(CC)c4CC)C(CC)=C3CC.[Pt+2]. The fourth-order valence-corrected chi connectivity index (χ4v) is 6.60. The van der Waals surface area contributed by atoms with Gasteiger partial charge in [0.25, 0.3) is 0 Å². The number of aromatic nitrogens is 4. The Labute approximate surface area is 259 Å². The van der Waals surface area contributed by atoms with Crippen molar-refractivity contribution in [3.8, 4) is 12.3 Å². The van der Waals surface area contributed by atoms with Crippen LogP contribution in [0.3, 0.4) is 0 Å². The second kappa shape index (κ2) is 12.8. The Hall–Kier alpha value is -3.15. The second-order valence-corrected chi connectivity index (χ2v) is 10.5. The van der Waals surface area contributed by atoms with Crippen LogP contribution < -0.4 is 9.97 Å². The fourth-order valence-electron chi connectivity index (χ4n) is 6.60.